The van der Waals surface area contributed by atoms with Crippen molar-refractivity contribution in [2.75, 3.05) is 26.3 Å². The van der Waals surface area contributed by atoms with Crippen LogP contribution in [0.25, 0.3) is 0 Å². The second-order valence-electron chi connectivity index (χ2n) is 5.06. The van der Waals surface area contributed by atoms with Crippen molar-refractivity contribution in [3.63, 3.8) is 0 Å². The Morgan fingerprint density at radius 2 is 2.40 bits per heavy atom. The Kier molecular flexibility index (Phi) is 2.87. The van der Waals surface area contributed by atoms with Crippen LogP contribution < -0.4 is 5.73 Å². The van der Waals surface area contributed by atoms with Gasteiger partial charge in [0.1, 0.15) is 0 Å². The van der Waals surface area contributed by atoms with Gasteiger partial charge in [0, 0.05) is 13.2 Å². The van der Waals surface area contributed by atoms with E-state index in [1.807, 2.05) is 0 Å². The van der Waals surface area contributed by atoms with E-state index in [1.165, 1.54) is 0 Å². The molecule has 0 amide bonds. The molecule has 0 aliphatic carbocycles. The van der Waals surface area contributed by atoms with Crippen LogP contribution in [-0.2, 0) is 4.74 Å². The van der Waals surface area contributed by atoms with Gasteiger partial charge in [-0.25, -0.2) is 0 Å². The van der Waals surface area contributed by atoms with Gasteiger partial charge in [-0.05, 0) is 18.8 Å². The SMILES string of the molecule is CC(C)CN1C(N)=NCC12CCCOC2. The minimum Gasteiger partial charge on any atom is -0.379 e. The molecule has 86 valence electrons. The normalized spacial score (nSPS) is 31.4. The Morgan fingerprint density at radius 3 is 3.00 bits per heavy atom. The molecule has 0 aromatic carbocycles. The summed E-state index contributed by atoms with van der Waals surface area (Å²) in [5, 5.41) is 0. The van der Waals surface area contributed by atoms with Crippen LogP contribution in [0.5, 0.6) is 0 Å². The quantitative estimate of drug-likeness (QED) is 0.736. The molecule has 0 bridgehead atoms. The van der Waals surface area contributed by atoms with Crippen molar-refractivity contribution < 1.29 is 4.74 Å². The zero-order chi connectivity index (χ0) is 10.9. The van der Waals surface area contributed by atoms with E-state index in [4.69, 9.17) is 10.5 Å². The summed E-state index contributed by atoms with van der Waals surface area (Å²) in [6.45, 7) is 7.89. The second kappa shape index (κ2) is 4.00. The molecule has 1 unspecified atom stereocenters. The highest BCUT2D eigenvalue weighted by Gasteiger charge is 2.43. The maximum Gasteiger partial charge on any atom is 0.191 e. The van der Waals surface area contributed by atoms with Crippen LogP contribution in [0, 0.1) is 5.92 Å². The number of aliphatic imine (C=N–C) groups is 1. The van der Waals surface area contributed by atoms with Crippen molar-refractivity contribution in [3.8, 4) is 0 Å². The van der Waals surface area contributed by atoms with Gasteiger partial charge in [0.2, 0.25) is 0 Å². The van der Waals surface area contributed by atoms with Crippen molar-refractivity contribution in [3.05, 3.63) is 0 Å². The molecular formula is C11H21N3O. The molecule has 2 rings (SSSR count). The highest BCUT2D eigenvalue weighted by Crippen LogP contribution is 2.31. The largest absolute Gasteiger partial charge is 0.379 e. The van der Waals surface area contributed by atoms with Crippen LogP contribution in [0.1, 0.15) is 26.7 Å². The van der Waals surface area contributed by atoms with E-state index in [0.29, 0.717) is 11.9 Å². The summed E-state index contributed by atoms with van der Waals surface area (Å²) in [6.07, 6.45) is 2.28. The van der Waals surface area contributed by atoms with Gasteiger partial charge in [-0.2, -0.15) is 0 Å². The predicted molar refractivity (Wildman–Crippen MR) is 60.8 cm³/mol. The van der Waals surface area contributed by atoms with Crippen molar-refractivity contribution in [2.24, 2.45) is 16.6 Å². The molecule has 0 saturated carbocycles. The zero-order valence-corrected chi connectivity index (χ0v) is 9.70. The molecule has 1 saturated heterocycles. The summed E-state index contributed by atoms with van der Waals surface area (Å²) < 4.78 is 5.60. The van der Waals surface area contributed by atoms with Gasteiger partial charge in [-0.1, -0.05) is 13.8 Å². The summed E-state index contributed by atoms with van der Waals surface area (Å²) in [6, 6.07) is 0. The number of nitrogens with two attached hydrogens (primary N) is 1. The molecule has 1 fully saturated rings. The molecular weight excluding hydrogens is 190 g/mol. The molecule has 1 spiro atoms. The molecule has 2 aliphatic heterocycles. The Hall–Kier alpha value is -0.770. The number of ether oxygens (including phenoxy) is 1. The van der Waals surface area contributed by atoms with E-state index in [0.717, 1.165) is 39.1 Å². The molecule has 2 N–H and O–H groups in total. The number of nitrogens with zero attached hydrogens (tertiary/aromatic N) is 2. The minimum atomic E-state index is 0.0760. The first-order valence-electron chi connectivity index (χ1n) is 5.79. The van der Waals surface area contributed by atoms with Crippen LogP contribution in [-0.4, -0.2) is 42.7 Å². The Labute approximate surface area is 91.5 Å². The Bertz CT molecular complexity index is 257. The third-order valence-corrected chi connectivity index (χ3v) is 3.23. The fourth-order valence-electron chi connectivity index (χ4n) is 2.47. The smallest absolute Gasteiger partial charge is 0.191 e. The van der Waals surface area contributed by atoms with E-state index >= 15 is 0 Å². The fraction of sp³-hybridized carbons (Fsp3) is 0.909. The van der Waals surface area contributed by atoms with Crippen LogP contribution in [0.15, 0.2) is 4.99 Å². The van der Waals surface area contributed by atoms with Crippen LogP contribution in [0.4, 0.5) is 0 Å². The third-order valence-electron chi connectivity index (χ3n) is 3.23. The Balaban J connectivity index is 2.11. The topological polar surface area (TPSA) is 50.8 Å². The summed E-state index contributed by atoms with van der Waals surface area (Å²) >= 11 is 0. The molecule has 2 aliphatic rings. The highest BCUT2D eigenvalue weighted by molar-refractivity contribution is 5.81. The lowest BCUT2D eigenvalue weighted by molar-refractivity contribution is -0.0122. The standard InChI is InChI=1S/C11H21N3O/c1-9(2)6-14-10(12)13-7-11(14)4-3-5-15-8-11/h9H,3-8H2,1-2H3,(H2,12,13). The van der Waals surface area contributed by atoms with Gasteiger partial charge in [-0.3, -0.25) is 4.99 Å². The molecule has 0 aromatic heterocycles. The van der Waals surface area contributed by atoms with Gasteiger partial charge >= 0.3 is 0 Å². The summed E-state index contributed by atoms with van der Waals surface area (Å²) in [5.41, 5.74) is 6.03. The molecule has 0 aromatic rings. The number of hydrogen-bond acceptors (Lipinski definition) is 4. The van der Waals surface area contributed by atoms with E-state index in [2.05, 4.69) is 23.7 Å². The molecule has 1 atom stereocenters. The maximum absolute atomic E-state index is 5.95. The van der Waals surface area contributed by atoms with E-state index in [9.17, 15) is 0 Å². The number of guanidine groups is 1. The molecule has 0 radical (unpaired) electrons. The van der Waals surface area contributed by atoms with Gasteiger partial charge < -0.3 is 15.4 Å². The van der Waals surface area contributed by atoms with Gasteiger partial charge in [-0.15, -0.1) is 0 Å². The van der Waals surface area contributed by atoms with Crippen molar-refractivity contribution >= 4 is 5.96 Å². The lowest BCUT2D eigenvalue weighted by Gasteiger charge is -2.42. The maximum atomic E-state index is 5.95. The summed E-state index contributed by atoms with van der Waals surface area (Å²) in [7, 11) is 0. The first-order chi connectivity index (χ1) is 7.14. The lowest BCUT2D eigenvalue weighted by atomic mass is 9.91. The van der Waals surface area contributed by atoms with E-state index in [1.54, 1.807) is 0 Å². The van der Waals surface area contributed by atoms with Crippen LogP contribution >= 0.6 is 0 Å². The molecule has 15 heavy (non-hydrogen) atoms. The van der Waals surface area contributed by atoms with Crippen molar-refractivity contribution in [2.45, 2.75) is 32.2 Å². The zero-order valence-electron chi connectivity index (χ0n) is 9.70. The van der Waals surface area contributed by atoms with Gasteiger partial charge in [0.05, 0.1) is 18.7 Å². The van der Waals surface area contributed by atoms with Crippen LogP contribution in [0.2, 0.25) is 0 Å². The summed E-state index contributed by atoms with van der Waals surface area (Å²) in [5.74, 6) is 1.31. The molecule has 4 heteroatoms. The predicted octanol–water partition coefficient (Wildman–Crippen LogP) is 0.822. The Morgan fingerprint density at radius 1 is 1.60 bits per heavy atom. The summed E-state index contributed by atoms with van der Waals surface area (Å²) in [4.78, 5) is 6.65. The minimum absolute atomic E-state index is 0.0760. The molecule has 4 nitrogen and oxygen atoms in total. The van der Waals surface area contributed by atoms with Crippen LogP contribution in [0.3, 0.4) is 0 Å². The average Bonchev–Trinajstić information content (AvgIpc) is 2.48. The van der Waals surface area contributed by atoms with Crippen molar-refractivity contribution in [1.29, 1.82) is 0 Å². The third kappa shape index (κ3) is 1.95. The number of rotatable bonds is 2. The van der Waals surface area contributed by atoms with Gasteiger partial charge in [0.25, 0.3) is 0 Å². The first-order valence-corrected chi connectivity index (χ1v) is 5.79. The second-order valence-corrected chi connectivity index (χ2v) is 5.06. The van der Waals surface area contributed by atoms with Gasteiger partial charge in [0.15, 0.2) is 5.96 Å². The van der Waals surface area contributed by atoms with Crippen molar-refractivity contribution in [1.82, 2.24) is 4.90 Å². The lowest BCUT2D eigenvalue weighted by Crippen LogP contribution is -2.57. The van der Waals surface area contributed by atoms with E-state index in [-0.39, 0.29) is 5.54 Å². The van der Waals surface area contributed by atoms with E-state index < -0.39 is 0 Å². The monoisotopic (exact) mass is 211 g/mol. The first kappa shape index (κ1) is 10.7. The number of hydrogen-bond donors (Lipinski definition) is 1. The fourth-order valence-corrected chi connectivity index (χ4v) is 2.47. The highest BCUT2D eigenvalue weighted by atomic mass is 16.5. The molecule has 2 heterocycles. The average molecular weight is 211 g/mol.